The Bertz CT molecular complexity index is 1820. The Kier molecular flexibility index (Phi) is 7.45. The number of piperazine rings is 1. The van der Waals surface area contributed by atoms with Crippen molar-refractivity contribution in [2.24, 2.45) is 5.41 Å². The number of carbonyl (C=O) groups is 1. The molecule has 47 heavy (non-hydrogen) atoms. The molecular weight excluding hydrogens is 596 g/mol. The first-order chi connectivity index (χ1) is 23.0. The second kappa shape index (κ2) is 11.8. The molecule has 1 aliphatic carbocycles. The largest absolute Gasteiger partial charge is 0.491 e. The molecule has 4 aliphatic heterocycles. The Balaban J connectivity index is 0.941. The predicted octanol–water partition coefficient (Wildman–Crippen LogP) is 3.65. The topological polar surface area (TPSA) is 121 Å². The van der Waals surface area contributed by atoms with Gasteiger partial charge in [-0.15, -0.1) is 0 Å². The van der Waals surface area contributed by atoms with E-state index in [2.05, 4.69) is 26.0 Å². The van der Waals surface area contributed by atoms with Gasteiger partial charge in [-0.3, -0.25) is 9.69 Å². The number of pyridine rings is 3. The van der Waals surface area contributed by atoms with Crippen LogP contribution >= 0.6 is 0 Å². The van der Waals surface area contributed by atoms with E-state index in [-0.39, 0.29) is 18.0 Å². The molecule has 12 nitrogen and oxygen atoms in total. The molecule has 0 N–H and O–H groups in total. The number of piperidine rings is 1. The third kappa shape index (κ3) is 5.33. The lowest BCUT2D eigenvalue weighted by molar-refractivity contribution is -0.0535. The van der Waals surface area contributed by atoms with E-state index in [0.29, 0.717) is 40.9 Å². The lowest BCUT2D eigenvalue weighted by atomic mass is 9.66. The van der Waals surface area contributed by atoms with Gasteiger partial charge in [0.25, 0.3) is 5.91 Å². The van der Waals surface area contributed by atoms with Crippen molar-refractivity contribution in [3.63, 3.8) is 0 Å². The van der Waals surface area contributed by atoms with Gasteiger partial charge in [0.15, 0.2) is 0 Å². The van der Waals surface area contributed by atoms with Crippen LogP contribution in [-0.2, 0) is 4.74 Å². The van der Waals surface area contributed by atoms with Gasteiger partial charge in [0.05, 0.1) is 54.3 Å². The summed E-state index contributed by atoms with van der Waals surface area (Å²) in [5.74, 6) is 2.07. The lowest BCUT2D eigenvalue weighted by Crippen LogP contribution is -2.70. The zero-order chi connectivity index (χ0) is 32.1. The van der Waals surface area contributed by atoms with Crippen molar-refractivity contribution in [3.8, 4) is 28.8 Å². The summed E-state index contributed by atoms with van der Waals surface area (Å²) in [5.41, 5.74) is 3.96. The molecule has 9 rings (SSSR count). The number of methoxy groups -OCH3 is 2. The van der Waals surface area contributed by atoms with Crippen molar-refractivity contribution in [2.45, 2.75) is 43.9 Å². The number of rotatable bonds is 9. The van der Waals surface area contributed by atoms with Crippen LogP contribution in [0.15, 0.2) is 55.1 Å². The summed E-state index contributed by atoms with van der Waals surface area (Å²) < 4.78 is 18.6. The maximum Gasteiger partial charge on any atom is 0.256 e. The molecule has 5 fully saturated rings. The fraction of sp³-hybridized carbons (Fsp3) is 0.457. The average Bonchev–Trinajstić information content (AvgIpc) is 3.72. The monoisotopic (exact) mass is 634 g/mol. The zero-order valence-electron chi connectivity index (χ0n) is 26.7. The van der Waals surface area contributed by atoms with Gasteiger partial charge >= 0.3 is 0 Å². The van der Waals surface area contributed by atoms with E-state index < -0.39 is 0 Å². The molecule has 242 valence electrons. The van der Waals surface area contributed by atoms with Gasteiger partial charge in [-0.05, 0) is 61.9 Å². The molecule has 1 amide bonds. The highest BCUT2D eigenvalue weighted by molar-refractivity contribution is 5.95. The van der Waals surface area contributed by atoms with E-state index in [1.807, 2.05) is 42.6 Å². The van der Waals surface area contributed by atoms with Crippen LogP contribution in [0.25, 0.3) is 16.6 Å². The molecular formula is C35H38N8O4. The minimum atomic E-state index is 0.00695. The Labute approximate surface area is 273 Å². The SMILES string of the molecule is COc1ccc(C(=O)N2C3CC2CN(c2ccc(-c4cc(OCCN5CCC6(CC(OC)C6)C5)cn5ncc(C#N)c45)cn2)C3)cn1. The molecule has 2 atom stereocenters. The molecule has 8 heterocycles. The molecule has 5 aliphatic rings. The number of aromatic nitrogens is 4. The van der Waals surface area contributed by atoms with E-state index >= 15 is 0 Å². The highest BCUT2D eigenvalue weighted by atomic mass is 16.5. The fourth-order valence-corrected chi connectivity index (χ4v) is 8.03. The van der Waals surface area contributed by atoms with Gasteiger partial charge in [-0.1, -0.05) is 0 Å². The second-order valence-electron chi connectivity index (χ2n) is 13.3. The molecule has 2 bridgehead atoms. The number of likely N-dealkylation sites (tertiary alicyclic amines) is 1. The Hall–Kier alpha value is -4.73. The number of nitriles is 1. The quantitative estimate of drug-likeness (QED) is 0.270. The van der Waals surface area contributed by atoms with Crippen molar-refractivity contribution in [3.05, 3.63) is 66.2 Å². The summed E-state index contributed by atoms with van der Waals surface area (Å²) in [4.78, 5) is 29.0. The first-order valence-corrected chi connectivity index (χ1v) is 16.3. The zero-order valence-corrected chi connectivity index (χ0v) is 26.7. The van der Waals surface area contributed by atoms with Gasteiger partial charge in [0, 0.05) is 62.9 Å². The van der Waals surface area contributed by atoms with Crippen molar-refractivity contribution < 1.29 is 19.0 Å². The van der Waals surface area contributed by atoms with E-state index in [0.717, 1.165) is 74.4 Å². The summed E-state index contributed by atoms with van der Waals surface area (Å²) in [6.45, 7) is 5.08. The normalized spacial score (nSPS) is 25.0. The summed E-state index contributed by atoms with van der Waals surface area (Å²) in [7, 11) is 3.37. The molecule has 0 aromatic carbocycles. The van der Waals surface area contributed by atoms with Crippen molar-refractivity contribution >= 4 is 17.2 Å². The molecule has 2 unspecified atom stereocenters. The standard InChI is InChI=1S/C35H38N8O4/c1-45-29-13-35(14-29)7-8-40(22-35)9-10-47-28-12-30(33-25(15-36)18-39-42(33)21-28)23-3-5-31(37-16-23)41-19-26-11-27(20-41)43(26)34(44)24-4-6-32(46-2)38-17-24/h3-6,12,16-18,21,26-27,29H,7-11,13-14,19-20,22H2,1-2H3. The molecule has 0 radical (unpaired) electrons. The number of carbonyl (C=O) groups excluding carboxylic acids is 1. The van der Waals surface area contributed by atoms with Gasteiger partial charge in [-0.2, -0.15) is 10.4 Å². The second-order valence-corrected chi connectivity index (χ2v) is 13.3. The van der Waals surface area contributed by atoms with Crippen LogP contribution in [0.4, 0.5) is 5.82 Å². The number of hydrogen-bond acceptors (Lipinski definition) is 10. The number of fused-ring (bicyclic) bond motifs is 3. The summed E-state index contributed by atoms with van der Waals surface area (Å²) >= 11 is 0. The summed E-state index contributed by atoms with van der Waals surface area (Å²) in [5, 5.41) is 14.3. The Morgan fingerprint density at radius 2 is 1.94 bits per heavy atom. The van der Waals surface area contributed by atoms with Crippen LogP contribution in [0, 0.1) is 16.7 Å². The lowest BCUT2D eigenvalue weighted by Gasteiger charge is -2.56. The third-order valence-corrected chi connectivity index (χ3v) is 10.6. The number of anilines is 1. The number of nitrogens with zero attached hydrogens (tertiary/aromatic N) is 8. The Morgan fingerprint density at radius 3 is 2.64 bits per heavy atom. The average molecular weight is 635 g/mol. The van der Waals surface area contributed by atoms with E-state index in [4.69, 9.17) is 19.2 Å². The summed E-state index contributed by atoms with van der Waals surface area (Å²) in [6, 6.07) is 12.1. The number of hydrogen-bond donors (Lipinski definition) is 0. The first-order valence-electron chi connectivity index (χ1n) is 16.3. The highest BCUT2D eigenvalue weighted by Crippen LogP contribution is 2.49. The first kappa shape index (κ1) is 29.7. The van der Waals surface area contributed by atoms with Crippen LogP contribution in [0.2, 0.25) is 0 Å². The van der Waals surface area contributed by atoms with Crippen LogP contribution in [0.1, 0.15) is 41.6 Å². The predicted molar refractivity (Wildman–Crippen MR) is 174 cm³/mol. The molecule has 4 saturated heterocycles. The maximum atomic E-state index is 13.2. The third-order valence-electron chi connectivity index (χ3n) is 10.6. The van der Waals surface area contributed by atoms with Gasteiger partial charge < -0.3 is 24.0 Å². The minimum Gasteiger partial charge on any atom is -0.491 e. The molecule has 4 aromatic heterocycles. The molecule has 4 aromatic rings. The minimum absolute atomic E-state index is 0.00695. The van der Waals surface area contributed by atoms with Gasteiger partial charge in [0.2, 0.25) is 5.88 Å². The van der Waals surface area contributed by atoms with E-state index in [1.54, 1.807) is 36.2 Å². The maximum absolute atomic E-state index is 13.2. The van der Waals surface area contributed by atoms with Crippen molar-refractivity contribution in [1.82, 2.24) is 29.4 Å². The van der Waals surface area contributed by atoms with Crippen LogP contribution in [0.3, 0.4) is 0 Å². The molecule has 1 saturated carbocycles. The van der Waals surface area contributed by atoms with E-state index in [1.165, 1.54) is 6.42 Å². The van der Waals surface area contributed by atoms with Crippen molar-refractivity contribution in [2.75, 3.05) is 58.5 Å². The van der Waals surface area contributed by atoms with Crippen LogP contribution < -0.4 is 14.4 Å². The number of ether oxygens (including phenoxy) is 3. The Morgan fingerprint density at radius 1 is 1.09 bits per heavy atom. The van der Waals surface area contributed by atoms with Gasteiger partial charge in [0.1, 0.15) is 24.2 Å². The number of amides is 1. The van der Waals surface area contributed by atoms with Gasteiger partial charge in [-0.25, -0.2) is 14.5 Å². The van der Waals surface area contributed by atoms with Crippen LogP contribution in [0.5, 0.6) is 11.6 Å². The van der Waals surface area contributed by atoms with Crippen molar-refractivity contribution in [1.29, 1.82) is 5.26 Å². The van der Waals surface area contributed by atoms with Crippen LogP contribution in [-0.4, -0.2) is 107 Å². The summed E-state index contributed by atoms with van der Waals surface area (Å²) in [6.07, 6.45) is 11.8. The molecule has 12 heteroatoms. The smallest absolute Gasteiger partial charge is 0.256 e. The molecule has 1 spiro atoms. The highest BCUT2D eigenvalue weighted by Gasteiger charge is 2.49. The van der Waals surface area contributed by atoms with E-state index in [9.17, 15) is 10.1 Å². The fourth-order valence-electron chi connectivity index (χ4n) is 8.03.